The Hall–Kier alpha value is -2.61. The molecule has 2 amide bonds. The normalized spacial score (nSPS) is 14.7. The molecule has 0 unspecified atom stereocenters. The van der Waals surface area contributed by atoms with Crippen LogP contribution in [-0.2, 0) is 20.7 Å². The molecule has 144 valence electrons. The third-order valence-electron chi connectivity index (χ3n) is 3.34. The van der Waals surface area contributed by atoms with Crippen LogP contribution in [0.1, 0.15) is 33.3 Å². The summed E-state index contributed by atoms with van der Waals surface area (Å²) in [6.07, 6.45) is -1.95. The maximum absolute atomic E-state index is 12.5. The highest BCUT2D eigenvalue weighted by Gasteiger charge is 2.30. The summed E-state index contributed by atoms with van der Waals surface area (Å²) in [4.78, 5) is 35.7. The van der Waals surface area contributed by atoms with E-state index in [-0.39, 0.29) is 6.42 Å². The van der Waals surface area contributed by atoms with Crippen LogP contribution in [0, 0.1) is 0 Å². The second-order valence-electron chi connectivity index (χ2n) is 6.95. The number of rotatable bonds is 7. The van der Waals surface area contributed by atoms with E-state index in [9.17, 15) is 19.5 Å². The topological polar surface area (TPSA) is 125 Å². The van der Waals surface area contributed by atoms with E-state index in [1.165, 1.54) is 6.92 Å². The number of alkyl carbamates (subject to hydrolysis) is 1. The Morgan fingerprint density at radius 2 is 1.69 bits per heavy atom. The van der Waals surface area contributed by atoms with Crippen LogP contribution in [0.5, 0.6) is 0 Å². The molecule has 1 rings (SSSR count). The Morgan fingerprint density at radius 3 is 2.15 bits per heavy atom. The second-order valence-corrected chi connectivity index (χ2v) is 6.95. The summed E-state index contributed by atoms with van der Waals surface area (Å²) in [7, 11) is 0. The second kappa shape index (κ2) is 9.19. The molecule has 0 spiro atoms. The van der Waals surface area contributed by atoms with E-state index >= 15 is 0 Å². The van der Waals surface area contributed by atoms with E-state index in [0.717, 1.165) is 5.56 Å². The first kappa shape index (κ1) is 21.4. The molecule has 0 aromatic heterocycles. The van der Waals surface area contributed by atoms with Crippen molar-refractivity contribution >= 4 is 18.0 Å². The number of aliphatic hydroxyl groups is 1. The predicted molar refractivity (Wildman–Crippen MR) is 94.6 cm³/mol. The van der Waals surface area contributed by atoms with Gasteiger partial charge in [0.25, 0.3) is 0 Å². The molecule has 0 fully saturated rings. The minimum Gasteiger partial charge on any atom is -0.480 e. The minimum atomic E-state index is -1.48. The molecule has 0 aliphatic carbocycles. The number of benzene rings is 1. The van der Waals surface area contributed by atoms with Crippen LogP contribution in [-0.4, -0.2) is 52.0 Å². The number of ether oxygens (including phenoxy) is 1. The molecule has 0 aliphatic heterocycles. The SMILES string of the molecule is C[C@H](O)[C@@H](NC(=O)[C@H](Cc1ccccc1)NC(=O)OC(C)(C)C)C(=O)O. The molecule has 1 aromatic rings. The highest BCUT2D eigenvalue weighted by molar-refractivity contribution is 5.89. The van der Waals surface area contributed by atoms with Gasteiger partial charge in [0.2, 0.25) is 5.91 Å². The van der Waals surface area contributed by atoms with Gasteiger partial charge in [0.05, 0.1) is 6.10 Å². The molecular formula is C18H26N2O6. The number of carbonyl (C=O) groups is 3. The summed E-state index contributed by atoms with van der Waals surface area (Å²) in [5.74, 6) is -2.10. The summed E-state index contributed by atoms with van der Waals surface area (Å²) in [5, 5.41) is 23.3. The van der Waals surface area contributed by atoms with Crippen LogP contribution in [0.25, 0.3) is 0 Å². The van der Waals surface area contributed by atoms with Gasteiger partial charge < -0.3 is 25.6 Å². The van der Waals surface area contributed by atoms with Gasteiger partial charge in [0, 0.05) is 6.42 Å². The van der Waals surface area contributed by atoms with Crippen molar-refractivity contribution in [3.8, 4) is 0 Å². The lowest BCUT2D eigenvalue weighted by Gasteiger charge is -2.25. The van der Waals surface area contributed by atoms with Gasteiger partial charge in [-0.15, -0.1) is 0 Å². The average Bonchev–Trinajstić information content (AvgIpc) is 2.50. The van der Waals surface area contributed by atoms with Crippen LogP contribution >= 0.6 is 0 Å². The molecule has 0 bridgehead atoms. The van der Waals surface area contributed by atoms with Crippen LogP contribution in [0.15, 0.2) is 30.3 Å². The van der Waals surface area contributed by atoms with Crippen molar-refractivity contribution in [2.24, 2.45) is 0 Å². The zero-order valence-electron chi connectivity index (χ0n) is 15.4. The zero-order chi connectivity index (χ0) is 19.9. The number of nitrogens with one attached hydrogen (secondary N) is 2. The Kier molecular flexibility index (Phi) is 7.57. The Bertz CT molecular complexity index is 624. The minimum absolute atomic E-state index is 0.137. The molecule has 0 radical (unpaired) electrons. The van der Waals surface area contributed by atoms with E-state index in [1.54, 1.807) is 45.0 Å². The van der Waals surface area contributed by atoms with Gasteiger partial charge in [0.15, 0.2) is 6.04 Å². The Labute approximate surface area is 152 Å². The van der Waals surface area contributed by atoms with Crippen LogP contribution in [0.3, 0.4) is 0 Å². The zero-order valence-corrected chi connectivity index (χ0v) is 15.4. The number of aliphatic hydroxyl groups excluding tert-OH is 1. The van der Waals surface area contributed by atoms with Gasteiger partial charge in [-0.05, 0) is 33.3 Å². The van der Waals surface area contributed by atoms with Gasteiger partial charge in [-0.25, -0.2) is 9.59 Å². The number of carboxylic acid groups (broad SMARTS) is 1. The summed E-state index contributed by atoms with van der Waals surface area (Å²) in [5.41, 5.74) is 0.0220. The lowest BCUT2D eigenvalue weighted by molar-refractivity contribution is -0.145. The summed E-state index contributed by atoms with van der Waals surface area (Å²) in [6.45, 7) is 6.32. The molecule has 4 N–H and O–H groups in total. The van der Waals surface area contributed by atoms with Crippen molar-refractivity contribution < 1.29 is 29.3 Å². The molecular weight excluding hydrogens is 340 g/mol. The molecule has 8 heteroatoms. The van der Waals surface area contributed by atoms with E-state index < -0.39 is 41.8 Å². The number of hydrogen-bond acceptors (Lipinski definition) is 5. The quantitative estimate of drug-likeness (QED) is 0.572. The van der Waals surface area contributed by atoms with Crippen LogP contribution < -0.4 is 10.6 Å². The lowest BCUT2D eigenvalue weighted by atomic mass is 10.0. The maximum Gasteiger partial charge on any atom is 0.408 e. The largest absolute Gasteiger partial charge is 0.480 e. The smallest absolute Gasteiger partial charge is 0.408 e. The van der Waals surface area contributed by atoms with E-state index in [0.29, 0.717) is 0 Å². The fourth-order valence-electron chi connectivity index (χ4n) is 2.15. The summed E-state index contributed by atoms with van der Waals surface area (Å²) >= 11 is 0. The van der Waals surface area contributed by atoms with Crippen molar-refractivity contribution in [1.29, 1.82) is 0 Å². The molecule has 0 saturated carbocycles. The number of aliphatic carboxylic acids is 1. The van der Waals surface area contributed by atoms with E-state index in [1.807, 2.05) is 6.07 Å². The molecule has 0 aliphatic rings. The van der Waals surface area contributed by atoms with E-state index in [4.69, 9.17) is 9.84 Å². The van der Waals surface area contributed by atoms with Crippen LogP contribution in [0.2, 0.25) is 0 Å². The van der Waals surface area contributed by atoms with Gasteiger partial charge in [-0.1, -0.05) is 30.3 Å². The monoisotopic (exact) mass is 366 g/mol. The van der Waals surface area contributed by atoms with Crippen molar-refractivity contribution in [2.75, 3.05) is 0 Å². The molecule has 3 atom stereocenters. The van der Waals surface area contributed by atoms with Crippen molar-refractivity contribution in [3.63, 3.8) is 0 Å². The number of carboxylic acids is 1. The number of amides is 2. The van der Waals surface area contributed by atoms with Crippen molar-refractivity contribution in [1.82, 2.24) is 10.6 Å². The first-order chi connectivity index (χ1) is 12.0. The number of carbonyl (C=O) groups excluding carboxylic acids is 2. The third kappa shape index (κ3) is 7.52. The average molecular weight is 366 g/mol. The van der Waals surface area contributed by atoms with Gasteiger partial charge in [-0.3, -0.25) is 4.79 Å². The standard InChI is InChI=1S/C18H26N2O6/c1-11(21)14(16(23)24)20-15(22)13(10-12-8-6-5-7-9-12)19-17(25)26-18(2,3)4/h5-9,11,13-14,21H,10H2,1-4H3,(H,19,25)(H,20,22)(H,23,24)/t11-,13-,14+/m0/s1. The van der Waals surface area contributed by atoms with Crippen molar-refractivity contribution in [3.05, 3.63) is 35.9 Å². The van der Waals surface area contributed by atoms with Crippen LogP contribution in [0.4, 0.5) is 4.79 Å². The fourth-order valence-corrected chi connectivity index (χ4v) is 2.15. The predicted octanol–water partition coefficient (Wildman–Crippen LogP) is 1.07. The highest BCUT2D eigenvalue weighted by atomic mass is 16.6. The molecule has 8 nitrogen and oxygen atoms in total. The molecule has 0 heterocycles. The van der Waals surface area contributed by atoms with Crippen molar-refractivity contribution in [2.45, 2.75) is 57.9 Å². The molecule has 1 aromatic carbocycles. The first-order valence-corrected chi connectivity index (χ1v) is 8.24. The highest BCUT2D eigenvalue weighted by Crippen LogP contribution is 2.09. The maximum atomic E-state index is 12.5. The Balaban J connectivity index is 2.93. The van der Waals surface area contributed by atoms with Gasteiger partial charge in [-0.2, -0.15) is 0 Å². The molecule has 0 saturated heterocycles. The molecule has 26 heavy (non-hydrogen) atoms. The fraction of sp³-hybridized carbons (Fsp3) is 0.500. The first-order valence-electron chi connectivity index (χ1n) is 8.24. The van der Waals surface area contributed by atoms with E-state index in [2.05, 4.69) is 10.6 Å². The number of hydrogen-bond donors (Lipinski definition) is 4. The van der Waals surface area contributed by atoms with Gasteiger partial charge in [0.1, 0.15) is 11.6 Å². The van der Waals surface area contributed by atoms with Gasteiger partial charge >= 0.3 is 12.1 Å². The third-order valence-corrected chi connectivity index (χ3v) is 3.34. The summed E-state index contributed by atoms with van der Waals surface area (Å²) in [6, 6.07) is 6.39. The lowest BCUT2D eigenvalue weighted by Crippen LogP contribution is -2.55. The Morgan fingerprint density at radius 1 is 1.12 bits per heavy atom. The summed E-state index contributed by atoms with van der Waals surface area (Å²) < 4.78 is 5.16.